The van der Waals surface area contributed by atoms with E-state index in [1.54, 1.807) is 23.1 Å². The van der Waals surface area contributed by atoms with Crippen LogP contribution in [-0.4, -0.2) is 34.7 Å². The van der Waals surface area contributed by atoms with Gasteiger partial charge >= 0.3 is 0 Å². The lowest BCUT2D eigenvalue weighted by Crippen LogP contribution is -2.18. The Morgan fingerprint density at radius 3 is 2.97 bits per heavy atom. The molecule has 3 aromatic rings. The second-order valence-electron chi connectivity index (χ2n) is 8.15. The number of anilines is 2. The number of carbonyl (C=O) groups is 1. The number of hydrogen-bond acceptors (Lipinski definition) is 6. The Labute approximate surface area is 189 Å². The predicted octanol–water partition coefficient (Wildman–Crippen LogP) is 4.34. The first-order valence-electron chi connectivity index (χ1n) is 10.9. The molecule has 1 amide bonds. The minimum absolute atomic E-state index is 0.0117. The maximum Gasteiger partial charge on any atom is 0.259 e. The van der Waals surface area contributed by atoms with E-state index in [0.717, 1.165) is 48.3 Å². The number of thiophene rings is 1. The van der Waals surface area contributed by atoms with E-state index in [1.165, 1.54) is 29.0 Å². The van der Waals surface area contributed by atoms with Crippen LogP contribution in [0.15, 0.2) is 29.1 Å². The number of fused-ring (bicyclic) bond motifs is 3. The number of H-pyrrole nitrogens is 1. The second kappa shape index (κ2) is 9.04. The molecule has 0 radical (unpaired) electrons. The first-order valence-corrected chi connectivity index (χ1v) is 12.9. The summed E-state index contributed by atoms with van der Waals surface area (Å²) in [5.41, 5.74) is 3.21. The monoisotopic (exact) mass is 454 g/mol. The molecule has 162 valence electrons. The van der Waals surface area contributed by atoms with Crippen LogP contribution in [0.5, 0.6) is 0 Å². The van der Waals surface area contributed by atoms with Crippen LogP contribution >= 0.6 is 23.1 Å². The van der Waals surface area contributed by atoms with Gasteiger partial charge in [-0.1, -0.05) is 6.07 Å². The summed E-state index contributed by atoms with van der Waals surface area (Å²) in [6.07, 6.45) is 6.09. The molecule has 0 bridgehead atoms. The molecular weight excluding hydrogens is 428 g/mol. The number of amides is 1. The van der Waals surface area contributed by atoms with Crippen LogP contribution in [-0.2, 0) is 23.4 Å². The lowest BCUT2D eigenvalue weighted by molar-refractivity contribution is -0.115. The first-order chi connectivity index (χ1) is 15.2. The van der Waals surface area contributed by atoms with E-state index in [9.17, 15) is 9.59 Å². The van der Waals surface area contributed by atoms with Crippen molar-refractivity contribution in [2.45, 2.75) is 44.3 Å². The molecular formula is C23H26N4O2S2. The van der Waals surface area contributed by atoms with Gasteiger partial charge in [0.1, 0.15) is 10.7 Å². The quantitative estimate of drug-likeness (QED) is 0.520. The molecule has 1 aromatic carbocycles. The van der Waals surface area contributed by atoms with Crippen LogP contribution in [0.3, 0.4) is 0 Å². The maximum atomic E-state index is 12.5. The number of aryl methyl sites for hydroxylation is 2. The molecule has 1 fully saturated rings. The predicted molar refractivity (Wildman–Crippen MR) is 130 cm³/mol. The fraction of sp³-hybridized carbons (Fsp3) is 0.435. The molecule has 31 heavy (non-hydrogen) atoms. The number of nitrogens with zero attached hydrogens (tertiary/aromatic N) is 2. The zero-order valence-electron chi connectivity index (χ0n) is 17.4. The van der Waals surface area contributed by atoms with Crippen LogP contribution in [0.2, 0.25) is 0 Å². The van der Waals surface area contributed by atoms with Crippen molar-refractivity contribution in [3.05, 3.63) is 50.9 Å². The van der Waals surface area contributed by atoms with Crippen molar-refractivity contribution in [2.24, 2.45) is 0 Å². The lowest BCUT2D eigenvalue weighted by Gasteiger charge is -2.18. The summed E-state index contributed by atoms with van der Waals surface area (Å²) in [7, 11) is 0. The molecule has 2 N–H and O–H groups in total. The van der Waals surface area contributed by atoms with Gasteiger partial charge in [0.05, 0.1) is 11.1 Å². The van der Waals surface area contributed by atoms with Gasteiger partial charge in [0.2, 0.25) is 5.91 Å². The molecule has 1 saturated heterocycles. The summed E-state index contributed by atoms with van der Waals surface area (Å²) in [5.74, 6) is 1.99. The van der Waals surface area contributed by atoms with Gasteiger partial charge in [-0.15, -0.1) is 11.3 Å². The van der Waals surface area contributed by atoms with E-state index in [0.29, 0.717) is 23.8 Å². The van der Waals surface area contributed by atoms with Gasteiger partial charge in [-0.3, -0.25) is 9.59 Å². The van der Waals surface area contributed by atoms with E-state index in [4.69, 9.17) is 0 Å². The summed E-state index contributed by atoms with van der Waals surface area (Å²) >= 11 is 3.28. The summed E-state index contributed by atoms with van der Waals surface area (Å²) in [6, 6.07) is 8.09. The Balaban J connectivity index is 1.13. The molecule has 0 unspecified atom stereocenters. The number of rotatable bonds is 7. The Morgan fingerprint density at radius 2 is 2.10 bits per heavy atom. The summed E-state index contributed by atoms with van der Waals surface area (Å²) < 4.78 is 0. The molecule has 2 aliphatic rings. The van der Waals surface area contributed by atoms with E-state index < -0.39 is 0 Å². The minimum Gasteiger partial charge on any atom is -0.371 e. The Kier molecular flexibility index (Phi) is 6.00. The summed E-state index contributed by atoms with van der Waals surface area (Å²) in [5, 5.41) is 3.80. The van der Waals surface area contributed by atoms with Crippen molar-refractivity contribution in [1.29, 1.82) is 0 Å². The Bertz CT molecular complexity index is 1160. The van der Waals surface area contributed by atoms with Gasteiger partial charge in [-0.05, 0) is 55.9 Å². The van der Waals surface area contributed by atoms with Crippen LogP contribution in [0.25, 0.3) is 10.2 Å². The first kappa shape index (κ1) is 20.6. The highest BCUT2D eigenvalue weighted by molar-refractivity contribution is 7.98. The average Bonchev–Trinajstić information content (AvgIpc) is 3.48. The van der Waals surface area contributed by atoms with Crippen LogP contribution in [0.4, 0.5) is 11.4 Å². The zero-order chi connectivity index (χ0) is 21.2. The molecule has 2 aromatic heterocycles. The van der Waals surface area contributed by atoms with Crippen molar-refractivity contribution in [2.75, 3.05) is 29.1 Å². The maximum absolute atomic E-state index is 12.5. The largest absolute Gasteiger partial charge is 0.371 e. The third kappa shape index (κ3) is 4.50. The van der Waals surface area contributed by atoms with Crippen molar-refractivity contribution >= 4 is 50.6 Å². The third-order valence-corrected chi connectivity index (χ3v) is 8.09. The highest BCUT2D eigenvalue weighted by Crippen LogP contribution is 2.34. The fourth-order valence-electron chi connectivity index (χ4n) is 4.43. The molecule has 6 nitrogen and oxygen atoms in total. The number of carbonyl (C=O) groups excluding carboxylic acids is 1. The van der Waals surface area contributed by atoms with Crippen molar-refractivity contribution < 1.29 is 4.79 Å². The number of nitrogens with one attached hydrogen (secondary N) is 2. The number of thioether (sulfide) groups is 1. The van der Waals surface area contributed by atoms with Crippen molar-refractivity contribution in [1.82, 2.24) is 9.97 Å². The Hall–Kier alpha value is -2.32. The number of benzene rings is 1. The molecule has 0 saturated carbocycles. The van der Waals surface area contributed by atoms with Gasteiger partial charge in [0.25, 0.3) is 5.56 Å². The number of aromatic nitrogens is 2. The summed E-state index contributed by atoms with van der Waals surface area (Å²) in [6.45, 7) is 2.17. The molecule has 5 rings (SSSR count). The normalized spacial score (nSPS) is 15.5. The smallest absolute Gasteiger partial charge is 0.259 e. The highest BCUT2D eigenvalue weighted by atomic mass is 32.2. The molecule has 0 spiro atoms. The topological polar surface area (TPSA) is 78.1 Å². The lowest BCUT2D eigenvalue weighted by atomic mass is 10.2. The van der Waals surface area contributed by atoms with E-state index >= 15 is 0 Å². The van der Waals surface area contributed by atoms with Crippen molar-refractivity contribution in [3.8, 4) is 0 Å². The average molecular weight is 455 g/mol. The standard InChI is InChI=1S/C23H26N4O2S2/c28-20(24-15-5-3-6-16(13-15)27-10-1-2-11-27)9-12-30-14-19-25-22(29)21-17-7-4-8-18(17)31-23(21)26-19/h3,5-6,13H,1-2,4,7-12,14H2,(H,24,28)(H,25,26,29). The second-order valence-corrected chi connectivity index (χ2v) is 10.3. The molecule has 1 aliphatic heterocycles. The molecule has 0 atom stereocenters. The van der Waals surface area contributed by atoms with Gasteiger partial charge in [-0.2, -0.15) is 11.8 Å². The minimum atomic E-state index is -0.0179. The number of aromatic amines is 1. The van der Waals surface area contributed by atoms with Crippen LogP contribution in [0, 0.1) is 0 Å². The highest BCUT2D eigenvalue weighted by Gasteiger charge is 2.21. The van der Waals surface area contributed by atoms with Gasteiger partial charge in [0, 0.05) is 41.5 Å². The van der Waals surface area contributed by atoms with E-state index in [2.05, 4.69) is 32.3 Å². The summed E-state index contributed by atoms with van der Waals surface area (Å²) in [4.78, 5) is 37.0. The van der Waals surface area contributed by atoms with Gasteiger partial charge in [0.15, 0.2) is 0 Å². The number of hydrogen-bond donors (Lipinski definition) is 2. The zero-order valence-corrected chi connectivity index (χ0v) is 19.0. The van der Waals surface area contributed by atoms with Crippen LogP contribution < -0.4 is 15.8 Å². The van der Waals surface area contributed by atoms with Gasteiger partial charge < -0.3 is 15.2 Å². The Morgan fingerprint density at radius 1 is 1.23 bits per heavy atom. The SMILES string of the molecule is O=C(CCSCc1nc2sc3c(c2c(=O)[nH]1)CCC3)Nc1cccc(N2CCCC2)c1. The van der Waals surface area contributed by atoms with Crippen LogP contribution in [0.1, 0.15) is 41.9 Å². The van der Waals surface area contributed by atoms with Gasteiger partial charge in [-0.25, -0.2) is 4.98 Å². The fourth-order valence-corrected chi connectivity index (χ4v) is 6.51. The van der Waals surface area contributed by atoms with Crippen molar-refractivity contribution in [3.63, 3.8) is 0 Å². The molecule has 8 heteroatoms. The molecule has 1 aliphatic carbocycles. The van der Waals surface area contributed by atoms with E-state index in [1.807, 2.05) is 12.1 Å². The molecule has 3 heterocycles. The third-order valence-electron chi connectivity index (χ3n) is 5.94. The van der Waals surface area contributed by atoms with E-state index in [-0.39, 0.29) is 11.5 Å².